The highest BCUT2D eigenvalue weighted by atomic mass is 16.5. The molecule has 1 fully saturated rings. The van der Waals surface area contributed by atoms with Crippen molar-refractivity contribution in [2.24, 2.45) is 5.73 Å². The summed E-state index contributed by atoms with van der Waals surface area (Å²) < 4.78 is 5.40. The summed E-state index contributed by atoms with van der Waals surface area (Å²) in [6.45, 7) is 2.21. The molecule has 0 saturated carbocycles. The Bertz CT molecular complexity index is 636. The summed E-state index contributed by atoms with van der Waals surface area (Å²) in [5.74, 6) is 0.130. The van der Waals surface area contributed by atoms with E-state index in [1.807, 2.05) is 29.2 Å². The van der Waals surface area contributed by atoms with Crippen LogP contribution in [0.15, 0.2) is 42.5 Å². The molecule has 4 heteroatoms. The lowest BCUT2D eigenvalue weighted by molar-refractivity contribution is -0.138. The van der Waals surface area contributed by atoms with Gasteiger partial charge in [0.15, 0.2) is 0 Å². The quantitative estimate of drug-likeness (QED) is 0.931. The number of hydrogen-bond acceptors (Lipinski definition) is 3. The molecule has 110 valence electrons. The maximum atomic E-state index is 12.6. The summed E-state index contributed by atoms with van der Waals surface area (Å²) in [5.41, 5.74) is 6.81. The van der Waals surface area contributed by atoms with E-state index in [9.17, 15) is 4.79 Å². The highest BCUT2D eigenvalue weighted by Gasteiger charge is 2.26. The van der Waals surface area contributed by atoms with Gasteiger partial charge in [-0.25, -0.2) is 0 Å². The Labute approximate surface area is 124 Å². The van der Waals surface area contributed by atoms with E-state index in [4.69, 9.17) is 10.5 Å². The standard InChI is InChI=1S/C17H20N2O2/c18-11-15-12-21-9-8-19(15)17(20)10-14-6-3-5-13-4-1-2-7-16(13)14/h1-7,15H,8-12,18H2. The number of nitrogens with zero attached hydrogens (tertiary/aromatic N) is 1. The Morgan fingerprint density at radius 1 is 1.24 bits per heavy atom. The third-order valence-corrected chi connectivity index (χ3v) is 4.04. The fourth-order valence-electron chi connectivity index (χ4n) is 2.89. The molecular weight excluding hydrogens is 264 g/mol. The van der Waals surface area contributed by atoms with Crippen LogP contribution in [-0.2, 0) is 16.0 Å². The van der Waals surface area contributed by atoms with E-state index >= 15 is 0 Å². The van der Waals surface area contributed by atoms with Crippen LogP contribution < -0.4 is 5.73 Å². The van der Waals surface area contributed by atoms with E-state index < -0.39 is 0 Å². The molecule has 0 bridgehead atoms. The van der Waals surface area contributed by atoms with E-state index in [1.165, 1.54) is 5.39 Å². The van der Waals surface area contributed by atoms with Crippen LogP contribution in [0, 0.1) is 0 Å². The molecule has 2 aromatic carbocycles. The zero-order chi connectivity index (χ0) is 14.7. The molecule has 21 heavy (non-hydrogen) atoms. The van der Waals surface area contributed by atoms with Crippen LogP contribution >= 0.6 is 0 Å². The van der Waals surface area contributed by atoms with Gasteiger partial charge in [0, 0.05) is 13.1 Å². The third kappa shape index (κ3) is 2.91. The second kappa shape index (κ2) is 6.24. The number of morpholine rings is 1. The second-order valence-corrected chi connectivity index (χ2v) is 5.37. The zero-order valence-corrected chi connectivity index (χ0v) is 12.0. The van der Waals surface area contributed by atoms with Crippen LogP contribution in [-0.4, -0.2) is 43.2 Å². The van der Waals surface area contributed by atoms with E-state index in [0.717, 1.165) is 10.9 Å². The van der Waals surface area contributed by atoms with Gasteiger partial charge < -0.3 is 15.4 Å². The Hall–Kier alpha value is -1.91. The van der Waals surface area contributed by atoms with Gasteiger partial charge in [-0.15, -0.1) is 0 Å². The molecule has 4 nitrogen and oxygen atoms in total. The molecule has 1 atom stereocenters. The Kier molecular flexibility index (Phi) is 4.18. The fraction of sp³-hybridized carbons (Fsp3) is 0.353. The lowest BCUT2D eigenvalue weighted by atomic mass is 10.0. The predicted molar refractivity (Wildman–Crippen MR) is 83.0 cm³/mol. The van der Waals surface area contributed by atoms with Gasteiger partial charge in [-0.3, -0.25) is 4.79 Å². The molecule has 1 amide bonds. The first kappa shape index (κ1) is 14.0. The van der Waals surface area contributed by atoms with E-state index in [2.05, 4.69) is 18.2 Å². The van der Waals surface area contributed by atoms with Gasteiger partial charge in [0.05, 0.1) is 25.7 Å². The smallest absolute Gasteiger partial charge is 0.227 e. The number of nitrogens with two attached hydrogens (primary N) is 1. The van der Waals surface area contributed by atoms with Gasteiger partial charge in [0.2, 0.25) is 5.91 Å². The molecule has 2 N–H and O–H groups in total. The molecule has 1 aliphatic rings. The Morgan fingerprint density at radius 2 is 2.05 bits per heavy atom. The topological polar surface area (TPSA) is 55.6 Å². The number of carbonyl (C=O) groups is 1. The van der Waals surface area contributed by atoms with Crippen molar-refractivity contribution in [3.8, 4) is 0 Å². The molecule has 1 aliphatic heterocycles. The minimum Gasteiger partial charge on any atom is -0.377 e. The SMILES string of the molecule is NCC1COCCN1C(=O)Cc1cccc2ccccc12. The number of ether oxygens (including phenoxy) is 1. The van der Waals surface area contributed by atoms with Crippen LogP contribution in [0.25, 0.3) is 10.8 Å². The molecule has 1 saturated heterocycles. The van der Waals surface area contributed by atoms with Crippen molar-refractivity contribution in [3.05, 3.63) is 48.0 Å². The first-order valence-corrected chi connectivity index (χ1v) is 7.33. The number of fused-ring (bicyclic) bond motifs is 1. The lowest BCUT2D eigenvalue weighted by Gasteiger charge is -2.35. The highest BCUT2D eigenvalue weighted by Crippen LogP contribution is 2.20. The lowest BCUT2D eigenvalue weighted by Crippen LogP contribution is -2.52. The summed E-state index contributed by atoms with van der Waals surface area (Å²) in [6, 6.07) is 14.3. The third-order valence-electron chi connectivity index (χ3n) is 4.04. The van der Waals surface area contributed by atoms with Gasteiger partial charge in [-0.1, -0.05) is 42.5 Å². The minimum absolute atomic E-state index is 0.00114. The molecule has 1 heterocycles. The molecule has 0 spiro atoms. The van der Waals surface area contributed by atoms with Crippen molar-refractivity contribution in [2.45, 2.75) is 12.5 Å². The van der Waals surface area contributed by atoms with Crippen LogP contribution in [0.4, 0.5) is 0 Å². The van der Waals surface area contributed by atoms with Crippen molar-refractivity contribution in [2.75, 3.05) is 26.3 Å². The van der Waals surface area contributed by atoms with Gasteiger partial charge in [0.25, 0.3) is 0 Å². The summed E-state index contributed by atoms with van der Waals surface area (Å²) >= 11 is 0. The number of hydrogen-bond donors (Lipinski definition) is 1. The van der Waals surface area contributed by atoms with Crippen LogP contribution in [0.1, 0.15) is 5.56 Å². The molecule has 0 aliphatic carbocycles. The minimum atomic E-state index is 0.00114. The summed E-state index contributed by atoms with van der Waals surface area (Å²) in [7, 11) is 0. The maximum Gasteiger partial charge on any atom is 0.227 e. The van der Waals surface area contributed by atoms with Crippen molar-refractivity contribution in [1.29, 1.82) is 0 Å². The van der Waals surface area contributed by atoms with Crippen molar-refractivity contribution in [1.82, 2.24) is 4.90 Å². The van der Waals surface area contributed by atoms with Gasteiger partial charge in [-0.05, 0) is 16.3 Å². The molecule has 3 rings (SSSR count). The molecule has 1 unspecified atom stereocenters. The molecule has 0 radical (unpaired) electrons. The fourth-order valence-corrected chi connectivity index (χ4v) is 2.89. The molecular formula is C17H20N2O2. The highest BCUT2D eigenvalue weighted by molar-refractivity contribution is 5.90. The number of rotatable bonds is 3. The first-order valence-electron chi connectivity index (χ1n) is 7.33. The van der Waals surface area contributed by atoms with Crippen molar-refractivity contribution < 1.29 is 9.53 Å². The molecule has 0 aromatic heterocycles. The molecule has 2 aromatic rings. The predicted octanol–water partition coefficient (Wildman–Crippen LogP) is 1.57. The maximum absolute atomic E-state index is 12.6. The van der Waals surface area contributed by atoms with E-state index in [0.29, 0.717) is 32.7 Å². The van der Waals surface area contributed by atoms with E-state index in [-0.39, 0.29) is 11.9 Å². The first-order chi connectivity index (χ1) is 10.3. The Morgan fingerprint density at radius 3 is 2.90 bits per heavy atom. The number of amides is 1. The largest absolute Gasteiger partial charge is 0.377 e. The van der Waals surface area contributed by atoms with Gasteiger partial charge in [0.1, 0.15) is 0 Å². The zero-order valence-electron chi connectivity index (χ0n) is 12.0. The van der Waals surface area contributed by atoms with Crippen molar-refractivity contribution in [3.63, 3.8) is 0 Å². The average Bonchev–Trinajstić information content (AvgIpc) is 2.55. The Balaban J connectivity index is 1.83. The van der Waals surface area contributed by atoms with Crippen LogP contribution in [0.5, 0.6) is 0 Å². The summed E-state index contributed by atoms with van der Waals surface area (Å²) in [4.78, 5) is 14.5. The average molecular weight is 284 g/mol. The normalized spacial score (nSPS) is 18.9. The van der Waals surface area contributed by atoms with E-state index in [1.54, 1.807) is 0 Å². The number of carbonyl (C=O) groups excluding carboxylic acids is 1. The summed E-state index contributed by atoms with van der Waals surface area (Å²) in [6.07, 6.45) is 0.415. The van der Waals surface area contributed by atoms with Gasteiger partial charge >= 0.3 is 0 Å². The second-order valence-electron chi connectivity index (χ2n) is 5.37. The van der Waals surface area contributed by atoms with Crippen LogP contribution in [0.2, 0.25) is 0 Å². The number of benzene rings is 2. The summed E-state index contributed by atoms with van der Waals surface area (Å²) in [5, 5.41) is 2.31. The monoisotopic (exact) mass is 284 g/mol. The van der Waals surface area contributed by atoms with Crippen LogP contribution in [0.3, 0.4) is 0 Å². The van der Waals surface area contributed by atoms with Gasteiger partial charge in [-0.2, -0.15) is 0 Å². The van der Waals surface area contributed by atoms with Crippen molar-refractivity contribution >= 4 is 16.7 Å².